The predicted molar refractivity (Wildman–Crippen MR) is 112 cm³/mol. The van der Waals surface area contributed by atoms with Crippen molar-refractivity contribution in [2.75, 3.05) is 13.2 Å². The number of hydrogen-bond donors (Lipinski definition) is 0. The summed E-state index contributed by atoms with van der Waals surface area (Å²) in [6.45, 7) is 5.06. The van der Waals surface area contributed by atoms with Crippen LogP contribution in [-0.4, -0.2) is 48.9 Å². The largest absolute Gasteiger partial charge is 0.278 e. The summed E-state index contributed by atoms with van der Waals surface area (Å²) in [5, 5.41) is 6.54. The van der Waals surface area contributed by atoms with Gasteiger partial charge in [-0.25, -0.2) is 14.7 Å². The van der Waals surface area contributed by atoms with E-state index in [1.54, 1.807) is 41.7 Å². The third-order valence-corrected chi connectivity index (χ3v) is 4.65. The maximum absolute atomic E-state index is 13.2. The van der Waals surface area contributed by atoms with Gasteiger partial charge in [0.1, 0.15) is 0 Å². The zero-order valence-electron chi connectivity index (χ0n) is 16.9. The minimum absolute atomic E-state index is 0.224. The van der Waals surface area contributed by atoms with E-state index in [0.717, 1.165) is 11.1 Å². The molecule has 4 rings (SSSR count). The highest BCUT2D eigenvalue weighted by Crippen LogP contribution is 2.26. The fraction of sp³-hybridized carbons (Fsp3) is 0.227. The van der Waals surface area contributed by atoms with E-state index in [-0.39, 0.29) is 5.91 Å². The second-order valence-corrected chi connectivity index (χ2v) is 6.62. The van der Waals surface area contributed by atoms with Crippen LogP contribution in [0.1, 0.15) is 29.8 Å². The van der Waals surface area contributed by atoms with Crippen LogP contribution in [0.4, 0.5) is 0 Å². The van der Waals surface area contributed by atoms with Crippen LogP contribution >= 0.6 is 0 Å². The van der Waals surface area contributed by atoms with E-state index in [1.165, 1.54) is 5.06 Å². The average Bonchev–Trinajstić information content (AvgIpc) is 3.20. The molecule has 0 fully saturated rings. The van der Waals surface area contributed by atoms with Crippen molar-refractivity contribution in [3.05, 3.63) is 72.4 Å². The summed E-state index contributed by atoms with van der Waals surface area (Å²) < 4.78 is 1.78. The third kappa shape index (κ3) is 3.90. The molecule has 0 aliphatic rings. The number of hydrogen-bond acceptors (Lipinski definition) is 6. The van der Waals surface area contributed by atoms with Crippen LogP contribution in [0.3, 0.4) is 0 Å². The van der Waals surface area contributed by atoms with Crippen LogP contribution in [0.25, 0.3) is 22.3 Å². The van der Waals surface area contributed by atoms with Crippen LogP contribution in [-0.2, 0) is 11.4 Å². The van der Waals surface area contributed by atoms with Gasteiger partial charge in [-0.1, -0.05) is 6.07 Å². The van der Waals surface area contributed by atoms with Gasteiger partial charge in [-0.15, -0.1) is 0 Å². The number of hydroxylamine groups is 2. The molecule has 152 valence electrons. The fourth-order valence-corrected chi connectivity index (χ4v) is 3.25. The zero-order chi connectivity index (χ0) is 20.9. The predicted octanol–water partition coefficient (Wildman–Crippen LogP) is 3.35. The highest BCUT2D eigenvalue weighted by atomic mass is 16.7. The summed E-state index contributed by atoms with van der Waals surface area (Å²) in [6, 6.07) is 9.39. The van der Waals surface area contributed by atoms with E-state index in [2.05, 4.69) is 15.1 Å². The topological polar surface area (TPSA) is 86.0 Å². The van der Waals surface area contributed by atoms with Crippen molar-refractivity contribution < 1.29 is 9.63 Å². The summed E-state index contributed by atoms with van der Waals surface area (Å²) in [5.74, 6) is -0.224. The lowest BCUT2D eigenvalue weighted by atomic mass is 10.1. The molecule has 0 aliphatic carbocycles. The van der Waals surface area contributed by atoms with Gasteiger partial charge in [-0.05, 0) is 43.7 Å². The van der Waals surface area contributed by atoms with Crippen LogP contribution < -0.4 is 0 Å². The normalized spacial score (nSPS) is 11.0. The van der Waals surface area contributed by atoms with Crippen molar-refractivity contribution in [1.29, 1.82) is 0 Å². The van der Waals surface area contributed by atoms with Gasteiger partial charge >= 0.3 is 0 Å². The van der Waals surface area contributed by atoms with Gasteiger partial charge in [0.05, 0.1) is 36.0 Å². The van der Waals surface area contributed by atoms with E-state index in [1.807, 2.05) is 38.1 Å². The number of rotatable bonds is 7. The number of amides is 1. The molecule has 0 spiro atoms. The van der Waals surface area contributed by atoms with Gasteiger partial charge in [-0.2, -0.15) is 5.10 Å². The Morgan fingerprint density at radius 1 is 1.10 bits per heavy atom. The first-order valence-electron chi connectivity index (χ1n) is 9.82. The number of pyridine rings is 3. The van der Waals surface area contributed by atoms with Gasteiger partial charge in [0, 0.05) is 36.9 Å². The molecule has 1 amide bonds. The molecule has 0 radical (unpaired) electrons. The molecule has 0 aliphatic heterocycles. The van der Waals surface area contributed by atoms with Gasteiger partial charge in [-0.3, -0.25) is 19.6 Å². The molecule has 4 aromatic rings. The number of fused-ring (bicyclic) bond motifs is 1. The molecule has 0 aromatic carbocycles. The second kappa shape index (κ2) is 8.79. The summed E-state index contributed by atoms with van der Waals surface area (Å²) in [7, 11) is 0. The number of nitrogens with zero attached hydrogens (tertiary/aromatic N) is 6. The van der Waals surface area contributed by atoms with Crippen LogP contribution in [0.5, 0.6) is 0 Å². The van der Waals surface area contributed by atoms with Gasteiger partial charge in [0.15, 0.2) is 5.65 Å². The van der Waals surface area contributed by atoms with E-state index in [4.69, 9.17) is 9.82 Å². The minimum atomic E-state index is -0.224. The first-order chi connectivity index (χ1) is 14.7. The molecule has 4 heterocycles. The van der Waals surface area contributed by atoms with Crippen molar-refractivity contribution in [3.8, 4) is 11.3 Å². The molecule has 0 bridgehead atoms. The molecular formula is C22H22N6O2. The number of carbonyl (C=O) groups is 1. The maximum Gasteiger partial charge on any atom is 0.278 e. The molecule has 0 atom stereocenters. The smallest absolute Gasteiger partial charge is 0.271 e. The highest BCUT2D eigenvalue weighted by molar-refractivity contribution is 6.06. The molecule has 30 heavy (non-hydrogen) atoms. The van der Waals surface area contributed by atoms with Crippen molar-refractivity contribution in [2.24, 2.45) is 0 Å². The van der Waals surface area contributed by atoms with Crippen LogP contribution in [0.15, 0.2) is 61.3 Å². The molecule has 0 N–H and O–H groups in total. The highest BCUT2D eigenvalue weighted by Gasteiger charge is 2.22. The minimum Gasteiger partial charge on any atom is -0.271 e. The quantitative estimate of drug-likeness (QED) is 0.441. The average molecular weight is 402 g/mol. The molecule has 8 nitrogen and oxygen atoms in total. The monoisotopic (exact) mass is 402 g/mol. The molecule has 0 unspecified atom stereocenters. The van der Waals surface area contributed by atoms with E-state index >= 15 is 0 Å². The molecular weight excluding hydrogens is 380 g/mol. The first-order valence-corrected chi connectivity index (χ1v) is 9.82. The van der Waals surface area contributed by atoms with Crippen LogP contribution in [0.2, 0.25) is 0 Å². The van der Waals surface area contributed by atoms with Gasteiger partial charge in [0.2, 0.25) is 0 Å². The Bertz CT molecular complexity index is 1140. The van der Waals surface area contributed by atoms with Crippen molar-refractivity contribution in [1.82, 2.24) is 29.8 Å². The van der Waals surface area contributed by atoms with Gasteiger partial charge < -0.3 is 0 Å². The SMILES string of the molecule is CCON(CC)C(=O)c1cc(-c2cccnc2)nc2c1cnn2Cc1cccnc1. The van der Waals surface area contributed by atoms with Crippen molar-refractivity contribution >= 4 is 16.9 Å². The first kappa shape index (κ1) is 19.7. The van der Waals surface area contributed by atoms with Crippen LogP contribution in [0, 0.1) is 0 Å². The Kier molecular flexibility index (Phi) is 5.76. The maximum atomic E-state index is 13.2. The molecule has 8 heteroatoms. The fourth-order valence-electron chi connectivity index (χ4n) is 3.25. The Hall–Kier alpha value is -3.65. The third-order valence-electron chi connectivity index (χ3n) is 4.65. The Labute approximate surface area is 174 Å². The molecule has 0 saturated heterocycles. The summed E-state index contributed by atoms with van der Waals surface area (Å²) in [5.41, 5.74) is 3.58. The molecule has 4 aromatic heterocycles. The Balaban J connectivity index is 1.86. The summed E-state index contributed by atoms with van der Waals surface area (Å²) in [4.78, 5) is 31.9. The lowest BCUT2D eigenvalue weighted by Gasteiger charge is -2.20. The van der Waals surface area contributed by atoms with Crippen molar-refractivity contribution in [2.45, 2.75) is 20.4 Å². The Morgan fingerprint density at radius 2 is 1.90 bits per heavy atom. The number of carbonyl (C=O) groups excluding carboxylic acids is 1. The van der Waals surface area contributed by atoms with E-state index in [0.29, 0.717) is 42.0 Å². The van der Waals surface area contributed by atoms with Crippen molar-refractivity contribution in [3.63, 3.8) is 0 Å². The lowest BCUT2D eigenvalue weighted by Crippen LogP contribution is -2.31. The lowest BCUT2D eigenvalue weighted by molar-refractivity contribution is -0.115. The standard InChI is InChI=1S/C22H22N6O2/c1-3-28(30-4-2)22(29)18-11-20(17-8-6-10-24-13-17)26-21-19(18)14-25-27(21)15-16-7-5-9-23-12-16/h5-14H,3-4,15H2,1-2H3. The van der Waals surface area contributed by atoms with E-state index in [9.17, 15) is 4.79 Å². The summed E-state index contributed by atoms with van der Waals surface area (Å²) >= 11 is 0. The van der Waals surface area contributed by atoms with Gasteiger partial charge in [0.25, 0.3) is 5.91 Å². The number of aromatic nitrogens is 5. The Morgan fingerprint density at radius 3 is 2.57 bits per heavy atom. The zero-order valence-corrected chi connectivity index (χ0v) is 16.9. The summed E-state index contributed by atoms with van der Waals surface area (Å²) in [6.07, 6.45) is 8.63. The van der Waals surface area contributed by atoms with E-state index < -0.39 is 0 Å². The second-order valence-electron chi connectivity index (χ2n) is 6.62. The molecule has 0 saturated carbocycles.